The summed E-state index contributed by atoms with van der Waals surface area (Å²) in [5.74, 6) is -0.321. The predicted octanol–water partition coefficient (Wildman–Crippen LogP) is 3.62. The number of rotatable bonds is 1. The minimum atomic E-state index is -4.47. The highest BCUT2D eigenvalue weighted by Gasteiger charge is 2.34. The number of aryl methyl sites for hydroxylation is 1. The molecule has 0 heterocycles. The zero-order chi connectivity index (χ0) is 11.6. The fourth-order valence-corrected chi connectivity index (χ4v) is 1.60. The van der Waals surface area contributed by atoms with E-state index in [4.69, 9.17) is 16.9 Å². The Morgan fingerprint density at radius 2 is 2.00 bits per heavy atom. The molecule has 0 amide bonds. The Morgan fingerprint density at radius 3 is 2.40 bits per heavy atom. The van der Waals surface area contributed by atoms with Crippen molar-refractivity contribution >= 4 is 11.6 Å². The first kappa shape index (κ1) is 11.9. The van der Waals surface area contributed by atoms with Crippen molar-refractivity contribution in [2.24, 2.45) is 0 Å². The number of halogens is 4. The highest BCUT2D eigenvalue weighted by atomic mass is 35.5. The van der Waals surface area contributed by atoms with Gasteiger partial charge in [0, 0.05) is 5.88 Å². The Morgan fingerprint density at radius 1 is 1.40 bits per heavy atom. The number of alkyl halides is 4. The highest BCUT2D eigenvalue weighted by Crippen LogP contribution is 2.34. The van der Waals surface area contributed by atoms with Crippen molar-refractivity contribution in [2.75, 3.05) is 0 Å². The lowest BCUT2D eigenvalue weighted by Crippen LogP contribution is -2.10. The molecule has 5 heteroatoms. The first-order chi connectivity index (χ1) is 6.90. The van der Waals surface area contributed by atoms with Crippen molar-refractivity contribution in [3.8, 4) is 6.07 Å². The monoisotopic (exact) mass is 233 g/mol. The summed E-state index contributed by atoms with van der Waals surface area (Å²) in [5.41, 5.74) is -0.601. The van der Waals surface area contributed by atoms with E-state index in [-0.39, 0.29) is 17.0 Å². The van der Waals surface area contributed by atoms with Gasteiger partial charge in [-0.1, -0.05) is 0 Å². The largest absolute Gasteiger partial charge is 0.416 e. The first-order valence-electron chi connectivity index (χ1n) is 4.07. The molecule has 1 nitrogen and oxygen atoms in total. The maximum Gasteiger partial charge on any atom is 0.416 e. The van der Waals surface area contributed by atoms with Crippen molar-refractivity contribution in [3.05, 3.63) is 34.4 Å². The predicted molar refractivity (Wildman–Crippen MR) is 50.5 cm³/mol. The van der Waals surface area contributed by atoms with Crippen LogP contribution in [0.4, 0.5) is 13.2 Å². The molecule has 15 heavy (non-hydrogen) atoms. The van der Waals surface area contributed by atoms with Crippen LogP contribution in [0.1, 0.15) is 22.3 Å². The van der Waals surface area contributed by atoms with Crippen LogP contribution in [0.3, 0.4) is 0 Å². The van der Waals surface area contributed by atoms with Crippen LogP contribution < -0.4 is 0 Å². The van der Waals surface area contributed by atoms with E-state index in [1.54, 1.807) is 6.07 Å². The second-order valence-electron chi connectivity index (χ2n) is 3.08. The third kappa shape index (κ3) is 2.42. The summed E-state index contributed by atoms with van der Waals surface area (Å²) >= 11 is 5.42. The summed E-state index contributed by atoms with van der Waals surface area (Å²) in [6.07, 6.45) is -4.47. The minimum absolute atomic E-state index is 0.0164. The Kier molecular flexibility index (Phi) is 3.25. The third-order valence-electron chi connectivity index (χ3n) is 1.95. The maximum atomic E-state index is 12.6. The molecule has 0 aliphatic heterocycles. The van der Waals surface area contributed by atoms with Gasteiger partial charge in [-0.15, -0.1) is 11.6 Å². The summed E-state index contributed by atoms with van der Waals surface area (Å²) in [6.45, 7) is 1.51. The summed E-state index contributed by atoms with van der Waals surface area (Å²) in [4.78, 5) is 0. The molecule has 0 aromatic heterocycles. The summed E-state index contributed by atoms with van der Waals surface area (Å²) in [5, 5.41) is 8.69. The van der Waals surface area contributed by atoms with E-state index in [0.29, 0.717) is 5.56 Å². The second kappa shape index (κ2) is 4.11. The molecule has 0 radical (unpaired) electrons. The quantitative estimate of drug-likeness (QED) is 0.680. The van der Waals surface area contributed by atoms with Crippen LogP contribution in [-0.2, 0) is 12.1 Å². The van der Waals surface area contributed by atoms with Crippen LogP contribution in [0.5, 0.6) is 0 Å². The molecular formula is C10H7ClF3N. The van der Waals surface area contributed by atoms with Gasteiger partial charge in [0.1, 0.15) is 0 Å². The summed E-state index contributed by atoms with van der Waals surface area (Å²) in [6, 6.07) is 4.11. The van der Waals surface area contributed by atoms with Crippen molar-refractivity contribution in [1.29, 1.82) is 5.26 Å². The lowest BCUT2D eigenvalue weighted by molar-refractivity contribution is -0.138. The molecule has 1 aromatic carbocycles. The topological polar surface area (TPSA) is 23.8 Å². The lowest BCUT2D eigenvalue weighted by Gasteiger charge is -2.13. The molecule has 1 rings (SSSR count). The van der Waals surface area contributed by atoms with Gasteiger partial charge in [-0.2, -0.15) is 18.4 Å². The summed E-state index contributed by atoms with van der Waals surface area (Å²) in [7, 11) is 0. The molecule has 0 unspecified atom stereocenters. The molecule has 0 aliphatic rings. The highest BCUT2D eigenvalue weighted by molar-refractivity contribution is 6.17. The van der Waals surface area contributed by atoms with Gasteiger partial charge in [0.2, 0.25) is 0 Å². The smallest absolute Gasteiger partial charge is 0.192 e. The van der Waals surface area contributed by atoms with E-state index >= 15 is 0 Å². The van der Waals surface area contributed by atoms with Crippen LogP contribution >= 0.6 is 11.6 Å². The van der Waals surface area contributed by atoms with E-state index in [1.165, 1.54) is 13.0 Å². The molecule has 0 N–H and O–H groups in total. The molecule has 0 saturated heterocycles. The van der Waals surface area contributed by atoms with Gasteiger partial charge in [-0.25, -0.2) is 0 Å². The van der Waals surface area contributed by atoms with Gasteiger partial charge in [0.25, 0.3) is 0 Å². The fourth-order valence-electron chi connectivity index (χ4n) is 1.31. The number of nitriles is 1. The zero-order valence-corrected chi connectivity index (χ0v) is 8.58. The Balaban J connectivity index is 3.51. The van der Waals surface area contributed by atoms with Gasteiger partial charge in [-0.3, -0.25) is 0 Å². The Hall–Kier alpha value is -1.21. The fraction of sp³-hybridized carbons (Fsp3) is 0.300. The average molecular weight is 234 g/mol. The maximum absolute atomic E-state index is 12.6. The number of benzene rings is 1. The molecule has 0 aliphatic carbocycles. The van der Waals surface area contributed by atoms with Crippen LogP contribution in [0.25, 0.3) is 0 Å². The van der Waals surface area contributed by atoms with Gasteiger partial charge < -0.3 is 0 Å². The molecule has 0 fully saturated rings. The third-order valence-corrected chi connectivity index (χ3v) is 2.22. The van der Waals surface area contributed by atoms with Crippen LogP contribution in [0.15, 0.2) is 12.1 Å². The lowest BCUT2D eigenvalue weighted by atomic mass is 9.99. The van der Waals surface area contributed by atoms with Crippen molar-refractivity contribution in [3.63, 3.8) is 0 Å². The average Bonchev–Trinajstić information content (AvgIpc) is 2.15. The molecule has 1 aromatic rings. The molecule has 0 atom stereocenters. The molecule has 0 bridgehead atoms. The van der Waals surface area contributed by atoms with Crippen molar-refractivity contribution < 1.29 is 13.2 Å². The van der Waals surface area contributed by atoms with Gasteiger partial charge in [-0.05, 0) is 30.2 Å². The van der Waals surface area contributed by atoms with E-state index in [9.17, 15) is 13.2 Å². The van der Waals surface area contributed by atoms with E-state index in [2.05, 4.69) is 0 Å². The number of nitrogens with zero attached hydrogens (tertiary/aromatic N) is 1. The number of hydrogen-bond acceptors (Lipinski definition) is 1. The zero-order valence-electron chi connectivity index (χ0n) is 7.82. The number of hydrogen-bond donors (Lipinski definition) is 0. The first-order valence-corrected chi connectivity index (χ1v) is 4.60. The molecular weight excluding hydrogens is 227 g/mol. The van der Waals surface area contributed by atoms with E-state index < -0.39 is 11.7 Å². The Bertz CT molecular complexity index is 418. The van der Waals surface area contributed by atoms with Crippen molar-refractivity contribution in [1.82, 2.24) is 0 Å². The van der Waals surface area contributed by atoms with Gasteiger partial charge >= 0.3 is 6.18 Å². The van der Waals surface area contributed by atoms with Gasteiger partial charge in [0.05, 0.1) is 17.2 Å². The van der Waals surface area contributed by atoms with Crippen LogP contribution in [0.2, 0.25) is 0 Å². The van der Waals surface area contributed by atoms with Crippen molar-refractivity contribution in [2.45, 2.75) is 19.0 Å². The van der Waals surface area contributed by atoms with E-state index in [1.807, 2.05) is 0 Å². The Labute approximate surface area is 90.1 Å². The van der Waals surface area contributed by atoms with Gasteiger partial charge in [0.15, 0.2) is 0 Å². The SMILES string of the molecule is Cc1cc(C#N)c(CCl)c(C(F)(F)F)c1. The molecule has 80 valence electrons. The van der Waals surface area contributed by atoms with Crippen LogP contribution in [0, 0.1) is 18.3 Å². The minimum Gasteiger partial charge on any atom is -0.192 e. The normalized spacial score (nSPS) is 11.2. The molecule has 0 spiro atoms. The van der Waals surface area contributed by atoms with Crippen LogP contribution in [-0.4, -0.2) is 0 Å². The summed E-state index contributed by atoms with van der Waals surface area (Å²) < 4.78 is 37.7. The molecule has 0 saturated carbocycles. The standard InChI is InChI=1S/C10H7ClF3N/c1-6-2-7(5-15)8(4-11)9(3-6)10(12,13)14/h2-3H,4H2,1H3. The van der Waals surface area contributed by atoms with E-state index in [0.717, 1.165) is 6.07 Å². The second-order valence-corrected chi connectivity index (χ2v) is 3.35.